The summed E-state index contributed by atoms with van der Waals surface area (Å²) >= 11 is 5.28. The number of H-pyrrole nitrogens is 1. The number of nitrogens with zero attached hydrogens (tertiary/aromatic N) is 3. The molecule has 0 amide bonds. The van der Waals surface area contributed by atoms with Gasteiger partial charge in [-0.1, -0.05) is 0 Å². The van der Waals surface area contributed by atoms with Gasteiger partial charge >= 0.3 is 0 Å². The average molecular weight is 374 g/mol. The zero-order valence-electron chi connectivity index (χ0n) is 14.8. The SMILES string of the molecule is COc1cc(-c2n[nH]c(=S)n2N=Cc2ccc(C)o2)cc(OC)c1OC. The zero-order valence-corrected chi connectivity index (χ0v) is 15.6. The highest BCUT2D eigenvalue weighted by Gasteiger charge is 2.17. The first-order valence-electron chi connectivity index (χ1n) is 7.66. The van der Waals surface area contributed by atoms with Crippen LogP contribution in [0.3, 0.4) is 0 Å². The number of furan rings is 1. The van der Waals surface area contributed by atoms with Crippen LogP contribution in [0.2, 0.25) is 0 Å². The van der Waals surface area contributed by atoms with Gasteiger partial charge in [0, 0.05) is 5.56 Å². The average Bonchev–Trinajstić information content (AvgIpc) is 3.23. The van der Waals surface area contributed by atoms with Gasteiger partial charge in [-0.05, 0) is 43.4 Å². The lowest BCUT2D eigenvalue weighted by Crippen LogP contribution is -1.98. The van der Waals surface area contributed by atoms with Gasteiger partial charge < -0.3 is 18.6 Å². The third-order valence-corrected chi connectivity index (χ3v) is 3.90. The summed E-state index contributed by atoms with van der Waals surface area (Å²) in [4.78, 5) is 0. The molecule has 1 aromatic carbocycles. The predicted octanol–water partition coefficient (Wildman–Crippen LogP) is 3.42. The van der Waals surface area contributed by atoms with E-state index < -0.39 is 0 Å². The molecule has 136 valence electrons. The van der Waals surface area contributed by atoms with Crippen LogP contribution in [0.15, 0.2) is 33.8 Å². The van der Waals surface area contributed by atoms with Crippen LogP contribution < -0.4 is 14.2 Å². The molecule has 0 atom stereocenters. The highest BCUT2D eigenvalue weighted by molar-refractivity contribution is 7.71. The Morgan fingerprint density at radius 1 is 1.15 bits per heavy atom. The minimum Gasteiger partial charge on any atom is -0.493 e. The van der Waals surface area contributed by atoms with E-state index in [-0.39, 0.29) is 0 Å². The van der Waals surface area contributed by atoms with Crippen LogP contribution in [0.25, 0.3) is 11.4 Å². The summed E-state index contributed by atoms with van der Waals surface area (Å²) in [6.07, 6.45) is 1.57. The maximum absolute atomic E-state index is 5.49. The van der Waals surface area contributed by atoms with Crippen molar-refractivity contribution in [3.63, 3.8) is 0 Å². The first-order valence-corrected chi connectivity index (χ1v) is 8.06. The topological polar surface area (TPSA) is 86.8 Å². The van der Waals surface area contributed by atoms with Crippen molar-refractivity contribution >= 4 is 18.4 Å². The number of aromatic amines is 1. The van der Waals surface area contributed by atoms with Gasteiger partial charge in [-0.15, -0.1) is 0 Å². The molecule has 0 spiro atoms. The molecule has 0 saturated carbocycles. The Bertz CT molecular complexity index is 977. The Hall–Kier alpha value is -3.07. The Morgan fingerprint density at radius 3 is 2.38 bits per heavy atom. The fourth-order valence-electron chi connectivity index (χ4n) is 2.43. The van der Waals surface area contributed by atoms with Crippen molar-refractivity contribution in [3.05, 3.63) is 40.6 Å². The smallest absolute Gasteiger partial charge is 0.216 e. The molecule has 9 heteroatoms. The molecule has 3 rings (SSSR count). The van der Waals surface area contributed by atoms with Crippen LogP contribution >= 0.6 is 12.2 Å². The van der Waals surface area contributed by atoms with E-state index in [0.717, 1.165) is 5.76 Å². The van der Waals surface area contributed by atoms with E-state index in [0.29, 0.717) is 39.2 Å². The summed E-state index contributed by atoms with van der Waals surface area (Å²) in [7, 11) is 4.65. The maximum atomic E-state index is 5.49. The molecule has 2 heterocycles. The number of rotatable bonds is 6. The second kappa shape index (κ2) is 7.44. The third-order valence-electron chi connectivity index (χ3n) is 3.63. The third kappa shape index (κ3) is 3.33. The van der Waals surface area contributed by atoms with Crippen molar-refractivity contribution < 1.29 is 18.6 Å². The summed E-state index contributed by atoms with van der Waals surface area (Å²) in [5.74, 6) is 3.41. The van der Waals surface area contributed by atoms with Gasteiger partial charge in [0.05, 0.1) is 27.5 Å². The van der Waals surface area contributed by atoms with Gasteiger partial charge in [0.25, 0.3) is 0 Å². The van der Waals surface area contributed by atoms with Crippen molar-refractivity contribution in [3.8, 4) is 28.6 Å². The highest BCUT2D eigenvalue weighted by atomic mass is 32.1. The molecule has 8 nitrogen and oxygen atoms in total. The fourth-order valence-corrected chi connectivity index (χ4v) is 2.61. The lowest BCUT2D eigenvalue weighted by atomic mass is 10.1. The van der Waals surface area contributed by atoms with Crippen molar-refractivity contribution in [2.75, 3.05) is 21.3 Å². The number of benzene rings is 1. The van der Waals surface area contributed by atoms with E-state index in [1.807, 2.05) is 19.1 Å². The number of nitrogens with one attached hydrogen (secondary N) is 1. The molecule has 3 aromatic rings. The van der Waals surface area contributed by atoms with Crippen molar-refractivity contribution in [2.45, 2.75) is 6.92 Å². The molecule has 0 aliphatic heterocycles. The molecular formula is C17H18N4O4S. The highest BCUT2D eigenvalue weighted by Crippen LogP contribution is 2.40. The van der Waals surface area contributed by atoms with Gasteiger partial charge in [0.15, 0.2) is 17.3 Å². The molecule has 0 unspecified atom stereocenters. The standard InChI is InChI=1S/C17H18N4O4S/c1-10-5-6-12(25-10)9-18-21-16(19-20-17(21)26)11-7-13(22-2)15(24-4)14(8-11)23-3/h5-9H,1-4H3,(H,20,26). The van der Waals surface area contributed by atoms with E-state index in [2.05, 4.69) is 15.3 Å². The Balaban J connectivity index is 2.08. The van der Waals surface area contributed by atoms with Gasteiger partial charge in [-0.2, -0.15) is 14.9 Å². The minimum absolute atomic E-state index is 0.341. The summed E-state index contributed by atoms with van der Waals surface area (Å²) in [6, 6.07) is 7.22. The molecular weight excluding hydrogens is 356 g/mol. The largest absolute Gasteiger partial charge is 0.493 e. The zero-order chi connectivity index (χ0) is 18.7. The van der Waals surface area contributed by atoms with E-state index >= 15 is 0 Å². The lowest BCUT2D eigenvalue weighted by Gasteiger charge is -2.13. The second-order valence-electron chi connectivity index (χ2n) is 5.27. The van der Waals surface area contributed by atoms with Crippen LogP contribution in [-0.4, -0.2) is 42.4 Å². The van der Waals surface area contributed by atoms with E-state index in [9.17, 15) is 0 Å². The first kappa shape index (κ1) is 17.7. The van der Waals surface area contributed by atoms with Crippen LogP contribution in [0, 0.1) is 11.7 Å². The van der Waals surface area contributed by atoms with E-state index in [4.69, 9.17) is 30.8 Å². The van der Waals surface area contributed by atoms with Gasteiger partial charge in [-0.3, -0.25) is 0 Å². The molecule has 1 N–H and O–H groups in total. The Labute approximate surface area is 155 Å². The molecule has 2 aromatic heterocycles. The normalized spacial score (nSPS) is 11.1. The van der Waals surface area contributed by atoms with Crippen LogP contribution in [-0.2, 0) is 0 Å². The number of hydrogen-bond donors (Lipinski definition) is 1. The summed E-state index contributed by atoms with van der Waals surface area (Å²) in [5.41, 5.74) is 0.694. The van der Waals surface area contributed by atoms with Crippen molar-refractivity contribution in [1.29, 1.82) is 0 Å². The second-order valence-corrected chi connectivity index (χ2v) is 5.66. The quantitative estimate of drug-likeness (QED) is 0.525. The summed E-state index contributed by atoms with van der Waals surface area (Å²) in [6.45, 7) is 1.86. The lowest BCUT2D eigenvalue weighted by molar-refractivity contribution is 0.324. The van der Waals surface area contributed by atoms with Crippen LogP contribution in [0.1, 0.15) is 11.5 Å². The summed E-state index contributed by atoms with van der Waals surface area (Å²) in [5, 5.41) is 11.4. The van der Waals surface area contributed by atoms with Crippen LogP contribution in [0.5, 0.6) is 17.2 Å². The summed E-state index contributed by atoms with van der Waals surface area (Å²) < 4.78 is 23.4. The van der Waals surface area contributed by atoms with Crippen LogP contribution in [0.4, 0.5) is 0 Å². The number of methoxy groups -OCH3 is 3. The van der Waals surface area contributed by atoms with Crippen molar-refractivity contribution in [2.24, 2.45) is 5.10 Å². The fraction of sp³-hybridized carbons (Fsp3) is 0.235. The van der Waals surface area contributed by atoms with Gasteiger partial charge in [0.2, 0.25) is 10.5 Å². The molecule has 0 saturated heterocycles. The number of aromatic nitrogens is 3. The molecule has 0 fully saturated rings. The number of hydrogen-bond acceptors (Lipinski definition) is 7. The Morgan fingerprint density at radius 2 is 1.85 bits per heavy atom. The number of ether oxygens (including phenoxy) is 3. The maximum Gasteiger partial charge on any atom is 0.216 e. The number of aryl methyl sites for hydroxylation is 1. The van der Waals surface area contributed by atoms with E-state index in [1.165, 1.54) is 4.68 Å². The van der Waals surface area contributed by atoms with E-state index in [1.54, 1.807) is 39.7 Å². The molecule has 0 aliphatic rings. The van der Waals surface area contributed by atoms with Crippen molar-refractivity contribution in [1.82, 2.24) is 14.9 Å². The molecule has 0 bridgehead atoms. The molecule has 0 aliphatic carbocycles. The van der Waals surface area contributed by atoms with Gasteiger partial charge in [0.1, 0.15) is 11.5 Å². The predicted molar refractivity (Wildman–Crippen MR) is 98.9 cm³/mol. The first-order chi connectivity index (χ1) is 12.6. The molecule has 0 radical (unpaired) electrons. The Kier molecular flexibility index (Phi) is 5.08. The monoisotopic (exact) mass is 374 g/mol. The minimum atomic E-state index is 0.341. The molecule has 26 heavy (non-hydrogen) atoms. The van der Waals surface area contributed by atoms with Gasteiger partial charge in [-0.25, -0.2) is 5.10 Å².